The Bertz CT molecular complexity index is 1970. The van der Waals surface area contributed by atoms with Crippen molar-refractivity contribution in [3.63, 3.8) is 0 Å². The Morgan fingerprint density at radius 2 is 0.654 bits per heavy atom. The number of para-hydroxylation sites is 2. The molecule has 0 aliphatic heterocycles. The van der Waals surface area contributed by atoms with Crippen LogP contribution in [0, 0.1) is 0 Å². The first kappa shape index (κ1) is 33.9. The van der Waals surface area contributed by atoms with E-state index in [0.29, 0.717) is 26.2 Å². The van der Waals surface area contributed by atoms with Crippen LogP contribution in [0.1, 0.15) is 22.3 Å². The van der Waals surface area contributed by atoms with Gasteiger partial charge < -0.3 is 30.1 Å². The van der Waals surface area contributed by atoms with E-state index in [0.717, 1.165) is 22.3 Å². The van der Waals surface area contributed by atoms with Gasteiger partial charge in [-0.15, -0.1) is 10.1 Å². The summed E-state index contributed by atoms with van der Waals surface area (Å²) in [5.74, 6) is -1.37. The van der Waals surface area contributed by atoms with Gasteiger partial charge in [0, 0.05) is 12.1 Å². The number of aromatic nitrogens is 2. The van der Waals surface area contributed by atoms with Crippen LogP contribution in [0.5, 0.6) is 35.0 Å². The summed E-state index contributed by atoms with van der Waals surface area (Å²) < 4.78 is 2.37. The molecule has 0 aliphatic rings. The van der Waals surface area contributed by atoms with Crippen LogP contribution in [0.2, 0.25) is 0 Å². The third-order valence-electron chi connectivity index (χ3n) is 8.47. The van der Waals surface area contributed by atoms with Crippen molar-refractivity contribution in [2.75, 3.05) is 0 Å². The molecular formula is C42H38N4O6. The van der Waals surface area contributed by atoms with Gasteiger partial charge in [0.05, 0.1) is 37.6 Å². The number of rotatable bonds is 14. The molecule has 7 rings (SSSR count). The fraction of sp³-hybridized carbons (Fsp3) is 0.0952. The summed E-state index contributed by atoms with van der Waals surface area (Å²) in [6.45, 7) is 1.60. The Hall–Kier alpha value is -6.62. The Labute approximate surface area is 301 Å². The van der Waals surface area contributed by atoms with Crippen molar-refractivity contribution < 1.29 is 30.1 Å². The number of hydroxylamine groups is 4. The summed E-state index contributed by atoms with van der Waals surface area (Å²) >= 11 is 0. The first-order chi connectivity index (χ1) is 25.4. The van der Waals surface area contributed by atoms with Gasteiger partial charge in [-0.1, -0.05) is 133 Å². The molecule has 0 amide bonds. The third kappa shape index (κ3) is 7.73. The van der Waals surface area contributed by atoms with Gasteiger partial charge in [0.25, 0.3) is 0 Å². The van der Waals surface area contributed by atoms with Crippen LogP contribution < -0.4 is 9.68 Å². The van der Waals surface area contributed by atoms with Crippen molar-refractivity contribution >= 4 is 0 Å². The van der Waals surface area contributed by atoms with E-state index in [1.807, 2.05) is 121 Å². The smallest absolute Gasteiger partial charge is 0.245 e. The molecule has 0 saturated heterocycles. The van der Waals surface area contributed by atoms with Crippen molar-refractivity contribution in [3.05, 3.63) is 180 Å². The van der Waals surface area contributed by atoms with Crippen LogP contribution in [0.15, 0.2) is 158 Å². The molecule has 0 unspecified atom stereocenters. The van der Waals surface area contributed by atoms with Gasteiger partial charge in [0.1, 0.15) is 0 Å². The molecule has 7 aromatic rings. The van der Waals surface area contributed by atoms with Crippen molar-refractivity contribution in [3.8, 4) is 46.4 Å². The highest BCUT2D eigenvalue weighted by Crippen LogP contribution is 2.43. The molecule has 0 aliphatic carbocycles. The van der Waals surface area contributed by atoms with E-state index in [1.54, 1.807) is 34.4 Å². The molecular weight excluding hydrogens is 656 g/mol. The maximum Gasteiger partial charge on any atom is 0.245 e. The van der Waals surface area contributed by atoms with E-state index in [-0.39, 0.29) is 46.4 Å². The molecule has 0 saturated carbocycles. The van der Waals surface area contributed by atoms with Crippen LogP contribution in [0.25, 0.3) is 11.4 Å². The average molecular weight is 695 g/mol. The lowest BCUT2D eigenvalue weighted by Gasteiger charge is -2.23. The maximum atomic E-state index is 11.5. The normalized spacial score (nSPS) is 11.3. The van der Waals surface area contributed by atoms with Crippen molar-refractivity contribution in [2.24, 2.45) is 0 Å². The van der Waals surface area contributed by atoms with Crippen LogP contribution in [0.4, 0.5) is 0 Å². The van der Waals surface area contributed by atoms with Gasteiger partial charge in [-0.3, -0.25) is 0 Å². The van der Waals surface area contributed by atoms with Crippen LogP contribution in [-0.2, 0) is 26.2 Å². The number of nitrogens with zero attached hydrogens (tertiary/aromatic N) is 4. The van der Waals surface area contributed by atoms with E-state index < -0.39 is 0 Å². The molecule has 0 radical (unpaired) electrons. The van der Waals surface area contributed by atoms with E-state index in [4.69, 9.17) is 9.68 Å². The van der Waals surface area contributed by atoms with Gasteiger partial charge in [-0.05, 0) is 34.4 Å². The zero-order valence-electron chi connectivity index (χ0n) is 28.2. The summed E-state index contributed by atoms with van der Waals surface area (Å²) in [6.07, 6.45) is 0. The van der Waals surface area contributed by atoms with Crippen LogP contribution in [-0.4, -0.2) is 39.7 Å². The fourth-order valence-corrected chi connectivity index (χ4v) is 6.05. The summed E-state index contributed by atoms with van der Waals surface area (Å²) in [5, 5.41) is 48.9. The first-order valence-corrected chi connectivity index (χ1v) is 16.8. The molecule has 0 spiro atoms. The molecule has 262 valence electrons. The van der Waals surface area contributed by atoms with E-state index in [1.165, 1.54) is 21.3 Å². The Kier molecular flexibility index (Phi) is 10.1. The van der Waals surface area contributed by atoms with Crippen LogP contribution in [0.3, 0.4) is 0 Å². The lowest BCUT2D eigenvalue weighted by Crippen LogP contribution is -2.26. The highest BCUT2D eigenvalue weighted by atomic mass is 16.7. The van der Waals surface area contributed by atoms with Crippen molar-refractivity contribution in [1.82, 2.24) is 19.3 Å². The SMILES string of the molecule is Oc1cc(ON(Cc2ccccc2)Cc2ccccc2)c(O)n1-c1ccccc1-n1c(O)cc(ON(Cc2ccccc2)Cc2ccccc2)c1O. The summed E-state index contributed by atoms with van der Waals surface area (Å²) in [5.41, 5.74) is 4.49. The van der Waals surface area contributed by atoms with E-state index in [2.05, 4.69) is 0 Å². The molecule has 5 aromatic carbocycles. The second kappa shape index (κ2) is 15.5. The number of hydrogen-bond donors (Lipinski definition) is 4. The van der Waals surface area contributed by atoms with Gasteiger partial charge in [0.15, 0.2) is 0 Å². The standard InChI is InChI=1S/C42H38N4O6/c47-39-25-37(51-43(27-31-15-5-1-6-16-31)28-32-17-7-2-8-18-32)41(49)45(39)35-23-13-14-24-36(35)46-40(48)26-38(42(46)50)52-44(29-33-19-9-3-10-20-33)30-34-21-11-4-12-22-34/h1-26,47-50H,27-30H2. The fourth-order valence-electron chi connectivity index (χ4n) is 6.05. The third-order valence-corrected chi connectivity index (χ3v) is 8.47. The van der Waals surface area contributed by atoms with Gasteiger partial charge in [-0.25, -0.2) is 9.13 Å². The average Bonchev–Trinajstić information content (AvgIpc) is 3.60. The molecule has 0 atom stereocenters. The highest BCUT2D eigenvalue weighted by molar-refractivity contribution is 5.63. The summed E-state index contributed by atoms with van der Waals surface area (Å²) in [4.78, 5) is 12.5. The Morgan fingerprint density at radius 1 is 0.385 bits per heavy atom. The largest absolute Gasteiger partial charge is 0.494 e. The molecule has 2 aromatic heterocycles. The van der Waals surface area contributed by atoms with Crippen LogP contribution >= 0.6 is 0 Å². The molecule has 0 bridgehead atoms. The first-order valence-electron chi connectivity index (χ1n) is 16.8. The number of hydrogen-bond acceptors (Lipinski definition) is 8. The Balaban J connectivity index is 1.19. The quantitative estimate of drug-likeness (QED) is 0.0845. The zero-order valence-corrected chi connectivity index (χ0v) is 28.2. The second-order valence-corrected chi connectivity index (χ2v) is 12.3. The maximum absolute atomic E-state index is 11.5. The minimum atomic E-state index is -0.379. The molecule has 52 heavy (non-hydrogen) atoms. The minimum Gasteiger partial charge on any atom is -0.494 e. The Morgan fingerprint density at radius 3 is 0.942 bits per heavy atom. The molecule has 10 heteroatoms. The highest BCUT2D eigenvalue weighted by Gasteiger charge is 2.26. The van der Waals surface area contributed by atoms with Gasteiger partial charge in [0.2, 0.25) is 35.0 Å². The van der Waals surface area contributed by atoms with E-state index >= 15 is 0 Å². The minimum absolute atomic E-state index is 0.0154. The van der Waals surface area contributed by atoms with E-state index in [9.17, 15) is 20.4 Å². The summed E-state index contributed by atoms with van der Waals surface area (Å²) in [6, 6.07) is 48.5. The lowest BCUT2D eigenvalue weighted by molar-refractivity contribution is -0.0776. The number of benzene rings is 5. The second-order valence-electron chi connectivity index (χ2n) is 12.3. The zero-order chi connectivity index (χ0) is 35.9. The molecule has 10 nitrogen and oxygen atoms in total. The monoisotopic (exact) mass is 694 g/mol. The summed E-state index contributed by atoms with van der Waals surface area (Å²) in [7, 11) is 0. The molecule has 2 heterocycles. The number of aromatic hydroxyl groups is 4. The van der Waals surface area contributed by atoms with Crippen molar-refractivity contribution in [2.45, 2.75) is 26.2 Å². The predicted molar refractivity (Wildman–Crippen MR) is 197 cm³/mol. The lowest BCUT2D eigenvalue weighted by atomic mass is 10.2. The topological polar surface area (TPSA) is 116 Å². The van der Waals surface area contributed by atoms with Gasteiger partial charge >= 0.3 is 0 Å². The molecule has 0 fully saturated rings. The molecule has 4 N–H and O–H groups in total. The van der Waals surface area contributed by atoms with Gasteiger partial charge in [-0.2, -0.15) is 0 Å². The predicted octanol–water partition coefficient (Wildman–Crippen LogP) is 8.08. The van der Waals surface area contributed by atoms with Crippen molar-refractivity contribution in [1.29, 1.82) is 0 Å².